The minimum atomic E-state index is -1.05. The molecule has 142 valence electrons. The van der Waals surface area contributed by atoms with Gasteiger partial charge in [-0.1, -0.05) is 24.0 Å². The van der Waals surface area contributed by atoms with Gasteiger partial charge < -0.3 is 5.32 Å². The Balaban J connectivity index is 2.58. The fourth-order valence-electron chi connectivity index (χ4n) is 2.17. The molecule has 1 aliphatic rings. The van der Waals surface area contributed by atoms with E-state index in [1.807, 2.05) is 0 Å². The Hall–Kier alpha value is -1.72. The van der Waals surface area contributed by atoms with Crippen molar-refractivity contribution in [2.24, 2.45) is 0 Å². The van der Waals surface area contributed by atoms with E-state index in [2.05, 4.69) is 28.3 Å². The second-order valence-corrected chi connectivity index (χ2v) is 8.20. The number of hydrazine groups is 1. The zero-order valence-electron chi connectivity index (χ0n) is 15.2. The Bertz CT molecular complexity index is 644. The van der Waals surface area contributed by atoms with E-state index in [0.717, 1.165) is 5.75 Å². The lowest BCUT2D eigenvalue weighted by atomic mass is 9.96. The first-order valence-corrected chi connectivity index (χ1v) is 9.62. The molecule has 3 N–H and O–H groups in total. The lowest BCUT2D eigenvalue weighted by Gasteiger charge is -2.30. The molecule has 0 aromatic carbocycles. The summed E-state index contributed by atoms with van der Waals surface area (Å²) >= 11 is 6.61. The van der Waals surface area contributed by atoms with Crippen LogP contribution in [0.5, 0.6) is 0 Å². The fourth-order valence-corrected chi connectivity index (χ4v) is 3.41. The van der Waals surface area contributed by atoms with Crippen molar-refractivity contribution in [2.45, 2.75) is 50.6 Å². The zero-order chi connectivity index (χ0) is 19.8. The van der Waals surface area contributed by atoms with Gasteiger partial charge in [0.15, 0.2) is 0 Å². The van der Waals surface area contributed by atoms with Crippen molar-refractivity contribution < 1.29 is 9.59 Å². The lowest BCUT2D eigenvalue weighted by molar-refractivity contribution is -0.127. The van der Waals surface area contributed by atoms with Crippen LogP contribution in [-0.4, -0.2) is 51.5 Å². The van der Waals surface area contributed by atoms with Crippen molar-refractivity contribution in [3.8, 4) is 12.1 Å². The van der Waals surface area contributed by atoms with Crippen molar-refractivity contribution in [1.29, 1.82) is 10.5 Å². The summed E-state index contributed by atoms with van der Waals surface area (Å²) in [4.78, 5) is 25.2. The highest BCUT2D eigenvalue weighted by molar-refractivity contribution is 8.23. The average molecular weight is 397 g/mol. The molecule has 1 aliphatic heterocycles. The standard InChI is InChI=1S/C16H24N6O2S2/c1-15(10-17,6-4-12(23)19-3)20-21-16(2,11-18)7-5-13(24)22-8-9-26-14(22)25/h20-21H,4-9H2,1-3H3,(H,19,23). The highest BCUT2D eigenvalue weighted by Crippen LogP contribution is 2.21. The van der Waals surface area contributed by atoms with Crippen LogP contribution in [0.1, 0.15) is 39.5 Å². The number of thioether (sulfide) groups is 1. The molecular formula is C16H24N6O2S2. The molecule has 1 fully saturated rings. The van der Waals surface area contributed by atoms with Gasteiger partial charge in [0.1, 0.15) is 15.4 Å². The molecule has 1 heterocycles. The molecule has 0 aromatic heterocycles. The van der Waals surface area contributed by atoms with E-state index in [9.17, 15) is 20.1 Å². The largest absolute Gasteiger partial charge is 0.359 e. The van der Waals surface area contributed by atoms with E-state index in [1.54, 1.807) is 18.7 Å². The summed E-state index contributed by atoms with van der Waals surface area (Å²) in [7, 11) is 1.53. The van der Waals surface area contributed by atoms with Gasteiger partial charge in [-0.3, -0.25) is 14.5 Å². The third-order valence-corrected chi connectivity index (χ3v) is 5.57. The molecule has 26 heavy (non-hydrogen) atoms. The number of nitriles is 2. The van der Waals surface area contributed by atoms with Crippen LogP contribution in [-0.2, 0) is 9.59 Å². The first-order valence-electron chi connectivity index (χ1n) is 8.23. The van der Waals surface area contributed by atoms with Gasteiger partial charge in [0.05, 0.1) is 12.1 Å². The summed E-state index contributed by atoms with van der Waals surface area (Å²) < 4.78 is 0.575. The monoisotopic (exact) mass is 396 g/mol. The SMILES string of the molecule is CNC(=O)CCC(C)(C#N)NNC(C)(C#N)CCC(=O)N1CCSC1=S. The number of hydrogen-bond acceptors (Lipinski definition) is 8. The third kappa shape index (κ3) is 6.54. The molecule has 0 saturated carbocycles. The molecule has 2 amide bonds. The Morgan fingerprint density at radius 2 is 1.73 bits per heavy atom. The van der Waals surface area contributed by atoms with E-state index in [1.165, 1.54) is 18.8 Å². The van der Waals surface area contributed by atoms with Gasteiger partial charge in [-0.2, -0.15) is 10.5 Å². The maximum Gasteiger partial charge on any atom is 0.228 e. The molecular weight excluding hydrogens is 372 g/mol. The second-order valence-electron chi connectivity index (χ2n) is 6.47. The summed E-state index contributed by atoms with van der Waals surface area (Å²) in [6, 6.07) is 4.25. The maximum absolute atomic E-state index is 12.3. The molecule has 2 atom stereocenters. The van der Waals surface area contributed by atoms with Gasteiger partial charge in [-0.05, 0) is 26.7 Å². The van der Waals surface area contributed by atoms with Gasteiger partial charge in [0.2, 0.25) is 11.8 Å². The average Bonchev–Trinajstić information content (AvgIpc) is 3.08. The van der Waals surface area contributed by atoms with Crippen LogP contribution in [0.2, 0.25) is 0 Å². The van der Waals surface area contributed by atoms with Gasteiger partial charge in [-0.25, -0.2) is 10.9 Å². The summed E-state index contributed by atoms with van der Waals surface area (Å²) in [6.07, 6.45) is 0.883. The number of nitrogens with zero attached hydrogens (tertiary/aromatic N) is 3. The minimum Gasteiger partial charge on any atom is -0.359 e. The van der Waals surface area contributed by atoms with Crippen molar-refractivity contribution in [3.63, 3.8) is 0 Å². The molecule has 0 aliphatic carbocycles. The molecule has 0 radical (unpaired) electrons. The van der Waals surface area contributed by atoms with Crippen LogP contribution in [0.25, 0.3) is 0 Å². The van der Waals surface area contributed by atoms with Crippen LogP contribution in [0.3, 0.4) is 0 Å². The van der Waals surface area contributed by atoms with Crippen LogP contribution < -0.4 is 16.2 Å². The summed E-state index contributed by atoms with van der Waals surface area (Å²) in [5, 5.41) is 21.4. The number of carbonyl (C=O) groups is 2. The van der Waals surface area contributed by atoms with E-state index in [0.29, 0.717) is 10.9 Å². The predicted molar refractivity (Wildman–Crippen MR) is 104 cm³/mol. The first-order chi connectivity index (χ1) is 12.2. The van der Waals surface area contributed by atoms with Gasteiger partial charge in [0, 0.05) is 32.2 Å². The molecule has 8 nitrogen and oxygen atoms in total. The lowest BCUT2D eigenvalue weighted by Crippen LogP contribution is -2.58. The van der Waals surface area contributed by atoms with Crippen molar-refractivity contribution in [1.82, 2.24) is 21.1 Å². The predicted octanol–water partition coefficient (Wildman–Crippen LogP) is 0.812. The topological polar surface area (TPSA) is 121 Å². The van der Waals surface area contributed by atoms with Crippen molar-refractivity contribution >= 4 is 40.1 Å². The van der Waals surface area contributed by atoms with Gasteiger partial charge in [0.25, 0.3) is 0 Å². The zero-order valence-corrected chi connectivity index (χ0v) is 16.9. The number of hydrogen-bond donors (Lipinski definition) is 3. The Morgan fingerprint density at radius 3 is 2.15 bits per heavy atom. The minimum absolute atomic E-state index is 0.106. The number of amides is 2. The highest BCUT2D eigenvalue weighted by Gasteiger charge is 2.32. The maximum atomic E-state index is 12.3. The third-order valence-electron chi connectivity index (χ3n) is 4.14. The Morgan fingerprint density at radius 1 is 1.19 bits per heavy atom. The number of carbonyl (C=O) groups excluding carboxylic acids is 2. The van der Waals surface area contributed by atoms with Crippen molar-refractivity contribution in [2.75, 3.05) is 19.3 Å². The Kier molecular flexibility index (Phi) is 8.44. The molecule has 1 saturated heterocycles. The summed E-state index contributed by atoms with van der Waals surface area (Å²) in [5.41, 5.74) is 3.64. The summed E-state index contributed by atoms with van der Waals surface area (Å²) in [6.45, 7) is 3.90. The Labute approximate surface area is 163 Å². The summed E-state index contributed by atoms with van der Waals surface area (Å²) in [5.74, 6) is 0.526. The first kappa shape index (κ1) is 22.3. The van der Waals surface area contributed by atoms with Crippen LogP contribution in [0, 0.1) is 22.7 Å². The molecule has 0 bridgehead atoms. The number of nitrogens with one attached hydrogen (secondary N) is 3. The molecule has 1 rings (SSSR count). The molecule has 0 spiro atoms. The van der Waals surface area contributed by atoms with Crippen LogP contribution in [0.4, 0.5) is 0 Å². The number of thiocarbonyl (C=S) groups is 1. The van der Waals surface area contributed by atoms with E-state index < -0.39 is 11.1 Å². The van der Waals surface area contributed by atoms with Gasteiger partial charge >= 0.3 is 0 Å². The normalized spacial score (nSPS) is 18.3. The van der Waals surface area contributed by atoms with E-state index >= 15 is 0 Å². The van der Waals surface area contributed by atoms with E-state index in [-0.39, 0.29) is 37.5 Å². The van der Waals surface area contributed by atoms with Crippen LogP contribution in [0.15, 0.2) is 0 Å². The smallest absolute Gasteiger partial charge is 0.228 e. The fraction of sp³-hybridized carbons (Fsp3) is 0.688. The molecule has 0 aromatic rings. The van der Waals surface area contributed by atoms with E-state index in [4.69, 9.17) is 12.2 Å². The second kappa shape index (κ2) is 9.83. The van der Waals surface area contributed by atoms with Crippen LogP contribution >= 0.6 is 24.0 Å². The quantitative estimate of drug-likeness (QED) is 0.387. The molecule has 2 unspecified atom stereocenters. The van der Waals surface area contributed by atoms with Crippen molar-refractivity contribution in [3.05, 3.63) is 0 Å². The van der Waals surface area contributed by atoms with Gasteiger partial charge in [-0.15, -0.1) is 0 Å². The highest BCUT2D eigenvalue weighted by atomic mass is 32.2. The number of rotatable bonds is 9. The molecule has 10 heteroatoms.